The second-order valence-corrected chi connectivity index (χ2v) is 4.36. The SMILES string of the molecule is COc1nccnc1CN(C(=O)[C@H](C)N)C(C)C. The minimum absolute atomic E-state index is 0.0372. The first-order valence-corrected chi connectivity index (χ1v) is 5.87. The summed E-state index contributed by atoms with van der Waals surface area (Å²) in [5.74, 6) is 0.318. The average Bonchev–Trinajstić information content (AvgIpc) is 2.35. The van der Waals surface area contributed by atoms with Crippen LogP contribution in [0.2, 0.25) is 0 Å². The van der Waals surface area contributed by atoms with Crippen molar-refractivity contribution in [2.45, 2.75) is 39.4 Å². The maximum atomic E-state index is 12.0. The Morgan fingerprint density at radius 1 is 1.39 bits per heavy atom. The van der Waals surface area contributed by atoms with Gasteiger partial charge in [0.25, 0.3) is 0 Å². The highest BCUT2D eigenvalue weighted by molar-refractivity contribution is 5.81. The molecular formula is C12H20N4O2. The third-order valence-corrected chi connectivity index (χ3v) is 2.55. The van der Waals surface area contributed by atoms with Crippen molar-refractivity contribution >= 4 is 5.91 Å². The fourth-order valence-electron chi connectivity index (χ4n) is 1.57. The van der Waals surface area contributed by atoms with Crippen LogP contribution >= 0.6 is 0 Å². The van der Waals surface area contributed by atoms with Gasteiger partial charge in [-0.15, -0.1) is 0 Å². The number of carbonyl (C=O) groups is 1. The topological polar surface area (TPSA) is 81.3 Å². The fourth-order valence-corrected chi connectivity index (χ4v) is 1.57. The molecule has 1 aromatic heterocycles. The zero-order valence-electron chi connectivity index (χ0n) is 11.3. The van der Waals surface area contributed by atoms with E-state index in [4.69, 9.17) is 10.5 Å². The van der Waals surface area contributed by atoms with E-state index in [0.29, 0.717) is 18.1 Å². The number of hydrogen-bond acceptors (Lipinski definition) is 5. The van der Waals surface area contributed by atoms with Gasteiger partial charge in [0.05, 0.1) is 19.7 Å². The van der Waals surface area contributed by atoms with Crippen molar-refractivity contribution in [1.29, 1.82) is 0 Å². The second-order valence-electron chi connectivity index (χ2n) is 4.36. The highest BCUT2D eigenvalue weighted by Gasteiger charge is 2.22. The van der Waals surface area contributed by atoms with E-state index in [1.54, 1.807) is 24.2 Å². The Morgan fingerprint density at radius 2 is 2.00 bits per heavy atom. The van der Waals surface area contributed by atoms with E-state index in [1.165, 1.54) is 7.11 Å². The van der Waals surface area contributed by atoms with Crippen molar-refractivity contribution in [2.75, 3.05) is 7.11 Å². The molecule has 0 aliphatic rings. The molecule has 0 radical (unpaired) electrons. The predicted octanol–water partition coefficient (Wildman–Crippen LogP) is 0.569. The van der Waals surface area contributed by atoms with E-state index in [-0.39, 0.29) is 11.9 Å². The lowest BCUT2D eigenvalue weighted by Gasteiger charge is -2.28. The lowest BCUT2D eigenvalue weighted by atomic mass is 10.2. The number of amides is 1. The summed E-state index contributed by atoms with van der Waals surface area (Å²) in [6, 6.07) is -0.495. The molecule has 1 heterocycles. The molecule has 0 saturated carbocycles. The van der Waals surface area contributed by atoms with Gasteiger partial charge in [0.2, 0.25) is 11.8 Å². The quantitative estimate of drug-likeness (QED) is 0.828. The first-order chi connectivity index (χ1) is 8.47. The molecule has 0 saturated heterocycles. The van der Waals surface area contributed by atoms with E-state index in [2.05, 4.69) is 9.97 Å². The van der Waals surface area contributed by atoms with Crippen molar-refractivity contribution in [1.82, 2.24) is 14.9 Å². The largest absolute Gasteiger partial charge is 0.480 e. The molecule has 18 heavy (non-hydrogen) atoms. The number of nitrogens with zero attached hydrogens (tertiary/aromatic N) is 3. The highest BCUT2D eigenvalue weighted by atomic mass is 16.5. The van der Waals surface area contributed by atoms with Crippen LogP contribution in [-0.2, 0) is 11.3 Å². The molecule has 0 aliphatic carbocycles. The van der Waals surface area contributed by atoms with Crippen LogP contribution in [0.5, 0.6) is 5.88 Å². The first-order valence-electron chi connectivity index (χ1n) is 5.87. The van der Waals surface area contributed by atoms with Crippen molar-refractivity contribution in [2.24, 2.45) is 5.73 Å². The molecule has 100 valence electrons. The standard InChI is InChI=1S/C12H20N4O2/c1-8(2)16(12(17)9(3)13)7-10-11(18-4)15-6-5-14-10/h5-6,8-9H,7,13H2,1-4H3/t9-/m0/s1. The molecule has 1 aromatic rings. The molecule has 0 unspecified atom stereocenters. The summed E-state index contributed by atoms with van der Waals surface area (Å²) in [4.78, 5) is 21.9. The van der Waals surface area contributed by atoms with Gasteiger partial charge in [0.1, 0.15) is 5.69 Å². The summed E-state index contributed by atoms with van der Waals surface area (Å²) in [7, 11) is 1.53. The van der Waals surface area contributed by atoms with Crippen LogP contribution in [-0.4, -0.2) is 40.0 Å². The molecule has 2 N–H and O–H groups in total. The Morgan fingerprint density at radius 3 is 2.50 bits per heavy atom. The van der Waals surface area contributed by atoms with Crippen LogP contribution < -0.4 is 10.5 Å². The molecule has 1 atom stereocenters. The Bertz CT molecular complexity index is 407. The summed E-state index contributed by atoms with van der Waals surface area (Å²) in [5.41, 5.74) is 6.27. The smallest absolute Gasteiger partial charge is 0.239 e. The van der Waals surface area contributed by atoms with E-state index < -0.39 is 6.04 Å². The number of rotatable bonds is 5. The molecule has 0 bridgehead atoms. The average molecular weight is 252 g/mol. The minimum atomic E-state index is -0.532. The summed E-state index contributed by atoms with van der Waals surface area (Å²) >= 11 is 0. The number of hydrogen-bond donors (Lipinski definition) is 1. The van der Waals surface area contributed by atoms with Crippen LogP contribution in [0.1, 0.15) is 26.5 Å². The third kappa shape index (κ3) is 3.40. The lowest BCUT2D eigenvalue weighted by molar-refractivity contribution is -0.134. The van der Waals surface area contributed by atoms with Crippen LogP contribution in [0.4, 0.5) is 0 Å². The summed E-state index contributed by atoms with van der Waals surface area (Å²) in [6.07, 6.45) is 3.13. The van der Waals surface area contributed by atoms with E-state index in [0.717, 1.165) is 0 Å². The predicted molar refractivity (Wildman–Crippen MR) is 67.9 cm³/mol. The Labute approximate surface area is 107 Å². The van der Waals surface area contributed by atoms with E-state index in [1.807, 2.05) is 13.8 Å². The molecule has 6 nitrogen and oxygen atoms in total. The van der Waals surface area contributed by atoms with Crippen LogP contribution in [0.25, 0.3) is 0 Å². The Balaban J connectivity index is 2.93. The number of ether oxygens (including phenoxy) is 1. The molecule has 1 rings (SSSR count). The third-order valence-electron chi connectivity index (χ3n) is 2.55. The Hall–Kier alpha value is -1.69. The fraction of sp³-hybridized carbons (Fsp3) is 0.583. The maximum absolute atomic E-state index is 12.0. The van der Waals surface area contributed by atoms with Gasteiger partial charge < -0.3 is 15.4 Å². The van der Waals surface area contributed by atoms with Crippen LogP contribution in [0, 0.1) is 0 Å². The monoisotopic (exact) mass is 252 g/mol. The van der Waals surface area contributed by atoms with E-state index >= 15 is 0 Å². The van der Waals surface area contributed by atoms with Crippen molar-refractivity contribution in [3.8, 4) is 5.88 Å². The van der Waals surface area contributed by atoms with Gasteiger partial charge in [-0.1, -0.05) is 0 Å². The second kappa shape index (κ2) is 6.30. The molecule has 0 fully saturated rings. The highest BCUT2D eigenvalue weighted by Crippen LogP contribution is 2.15. The zero-order valence-corrected chi connectivity index (χ0v) is 11.3. The molecule has 0 aliphatic heterocycles. The van der Waals surface area contributed by atoms with Crippen LogP contribution in [0.3, 0.4) is 0 Å². The van der Waals surface area contributed by atoms with Gasteiger partial charge in [-0.3, -0.25) is 9.78 Å². The summed E-state index contributed by atoms with van der Waals surface area (Å²) in [6.45, 7) is 5.88. The zero-order chi connectivity index (χ0) is 13.7. The minimum Gasteiger partial charge on any atom is -0.480 e. The number of nitrogens with two attached hydrogens (primary N) is 1. The molecule has 6 heteroatoms. The van der Waals surface area contributed by atoms with Crippen molar-refractivity contribution in [3.63, 3.8) is 0 Å². The van der Waals surface area contributed by atoms with E-state index in [9.17, 15) is 4.79 Å². The van der Waals surface area contributed by atoms with Crippen molar-refractivity contribution < 1.29 is 9.53 Å². The normalized spacial score (nSPS) is 12.3. The number of aromatic nitrogens is 2. The number of carbonyl (C=O) groups excluding carboxylic acids is 1. The summed E-state index contributed by atoms with van der Waals surface area (Å²) in [5, 5.41) is 0. The van der Waals surface area contributed by atoms with Crippen molar-refractivity contribution in [3.05, 3.63) is 18.1 Å². The van der Waals surface area contributed by atoms with Gasteiger partial charge >= 0.3 is 0 Å². The van der Waals surface area contributed by atoms with Gasteiger partial charge in [-0.2, -0.15) is 0 Å². The first kappa shape index (κ1) is 14.4. The van der Waals surface area contributed by atoms with Gasteiger partial charge in [0, 0.05) is 18.4 Å². The molecule has 0 spiro atoms. The van der Waals surface area contributed by atoms with Gasteiger partial charge in [0.15, 0.2) is 0 Å². The molecule has 1 amide bonds. The summed E-state index contributed by atoms with van der Waals surface area (Å²) < 4.78 is 5.12. The maximum Gasteiger partial charge on any atom is 0.239 e. The van der Waals surface area contributed by atoms with Gasteiger partial charge in [-0.05, 0) is 20.8 Å². The number of methoxy groups -OCH3 is 1. The molecular weight excluding hydrogens is 232 g/mol. The van der Waals surface area contributed by atoms with Gasteiger partial charge in [-0.25, -0.2) is 4.98 Å². The Kier molecular flexibility index (Phi) is 5.03. The van der Waals surface area contributed by atoms with Crippen LogP contribution in [0.15, 0.2) is 12.4 Å². The lowest BCUT2D eigenvalue weighted by Crippen LogP contribution is -2.45. The molecule has 0 aromatic carbocycles.